The summed E-state index contributed by atoms with van der Waals surface area (Å²) < 4.78 is 10.0. The molecule has 0 heterocycles. The van der Waals surface area contributed by atoms with Crippen LogP contribution in [0.3, 0.4) is 0 Å². The van der Waals surface area contributed by atoms with Gasteiger partial charge in [0.15, 0.2) is 6.61 Å². The largest absolute Gasteiger partial charge is 0.497 e. The molecular formula is C19H20N2O5. The summed E-state index contributed by atoms with van der Waals surface area (Å²) in [5.41, 5.74) is 0.823. The molecule has 0 radical (unpaired) electrons. The Balaban J connectivity index is 1.88. The SMILES string of the molecule is CNC(=O)CNC(=O)COC(=O)/C=C/c1ccc2cc(OC)ccc2c1. The Labute approximate surface area is 151 Å². The Bertz CT molecular complexity index is 845. The van der Waals surface area contributed by atoms with Crippen LogP contribution >= 0.6 is 0 Å². The van der Waals surface area contributed by atoms with Gasteiger partial charge in [0.05, 0.1) is 13.7 Å². The molecule has 7 heteroatoms. The van der Waals surface area contributed by atoms with Crippen molar-refractivity contribution in [3.05, 3.63) is 48.0 Å². The molecule has 7 nitrogen and oxygen atoms in total. The van der Waals surface area contributed by atoms with E-state index in [2.05, 4.69) is 10.6 Å². The van der Waals surface area contributed by atoms with Gasteiger partial charge in [0, 0.05) is 13.1 Å². The van der Waals surface area contributed by atoms with E-state index in [0.29, 0.717) is 0 Å². The van der Waals surface area contributed by atoms with Crippen LogP contribution in [0.4, 0.5) is 0 Å². The van der Waals surface area contributed by atoms with Gasteiger partial charge in [0.2, 0.25) is 5.91 Å². The minimum Gasteiger partial charge on any atom is -0.497 e. The molecule has 0 fully saturated rings. The van der Waals surface area contributed by atoms with Crippen molar-refractivity contribution in [2.75, 3.05) is 27.3 Å². The number of benzene rings is 2. The number of hydrogen-bond donors (Lipinski definition) is 2. The zero-order valence-corrected chi connectivity index (χ0v) is 14.6. The van der Waals surface area contributed by atoms with E-state index in [4.69, 9.17) is 9.47 Å². The number of amides is 2. The van der Waals surface area contributed by atoms with E-state index in [-0.39, 0.29) is 12.5 Å². The molecule has 0 saturated heterocycles. The molecule has 0 aliphatic rings. The van der Waals surface area contributed by atoms with Gasteiger partial charge in [-0.2, -0.15) is 0 Å². The molecule has 2 N–H and O–H groups in total. The fourth-order valence-electron chi connectivity index (χ4n) is 2.14. The van der Waals surface area contributed by atoms with Gasteiger partial charge >= 0.3 is 5.97 Å². The van der Waals surface area contributed by atoms with Gasteiger partial charge in [-0.15, -0.1) is 0 Å². The second kappa shape index (κ2) is 9.22. The highest BCUT2D eigenvalue weighted by Gasteiger charge is 2.06. The smallest absolute Gasteiger partial charge is 0.331 e. The normalized spacial score (nSPS) is 10.5. The highest BCUT2D eigenvalue weighted by molar-refractivity contribution is 5.91. The summed E-state index contributed by atoms with van der Waals surface area (Å²) in [5, 5.41) is 6.73. The van der Waals surface area contributed by atoms with E-state index in [1.807, 2.05) is 36.4 Å². The van der Waals surface area contributed by atoms with E-state index in [1.165, 1.54) is 13.1 Å². The highest BCUT2D eigenvalue weighted by atomic mass is 16.5. The first-order valence-electron chi connectivity index (χ1n) is 7.91. The second-order valence-corrected chi connectivity index (χ2v) is 5.36. The van der Waals surface area contributed by atoms with Crippen LogP contribution in [0.2, 0.25) is 0 Å². The third kappa shape index (κ3) is 5.62. The third-order valence-corrected chi connectivity index (χ3v) is 3.55. The lowest BCUT2D eigenvalue weighted by Gasteiger charge is -2.04. The zero-order valence-electron chi connectivity index (χ0n) is 14.6. The van der Waals surface area contributed by atoms with Crippen LogP contribution in [0, 0.1) is 0 Å². The summed E-state index contributed by atoms with van der Waals surface area (Å²) in [7, 11) is 3.07. The van der Waals surface area contributed by atoms with E-state index in [0.717, 1.165) is 22.1 Å². The number of carbonyl (C=O) groups excluding carboxylic acids is 3. The highest BCUT2D eigenvalue weighted by Crippen LogP contribution is 2.22. The lowest BCUT2D eigenvalue weighted by atomic mass is 10.1. The Hall–Kier alpha value is -3.35. The first-order chi connectivity index (χ1) is 12.5. The monoisotopic (exact) mass is 356 g/mol. The van der Waals surface area contributed by atoms with Crippen LogP contribution in [-0.4, -0.2) is 45.1 Å². The number of ether oxygens (including phenoxy) is 2. The molecule has 2 aromatic carbocycles. The number of nitrogens with one attached hydrogen (secondary N) is 2. The second-order valence-electron chi connectivity index (χ2n) is 5.36. The predicted molar refractivity (Wildman–Crippen MR) is 97.6 cm³/mol. The van der Waals surface area contributed by atoms with Gasteiger partial charge in [0.25, 0.3) is 5.91 Å². The van der Waals surface area contributed by atoms with Crippen LogP contribution in [-0.2, 0) is 19.1 Å². The average molecular weight is 356 g/mol. The molecule has 136 valence electrons. The van der Waals surface area contributed by atoms with Crippen molar-refractivity contribution in [2.45, 2.75) is 0 Å². The number of rotatable bonds is 7. The summed E-state index contributed by atoms with van der Waals surface area (Å²) in [6.07, 6.45) is 2.85. The van der Waals surface area contributed by atoms with E-state index < -0.39 is 18.5 Å². The van der Waals surface area contributed by atoms with Crippen molar-refractivity contribution in [1.29, 1.82) is 0 Å². The summed E-state index contributed by atoms with van der Waals surface area (Å²) in [4.78, 5) is 34.1. The Morgan fingerprint density at radius 1 is 1.04 bits per heavy atom. The van der Waals surface area contributed by atoms with Crippen LogP contribution in [0.5, 0.6) is 5.75 Å². The lowest BCUT2D eigenvalue weighted by molar-refractivity contribution is -0.143. The van der Waals surface area contributed by atoms with E-state index >= 15 is 0 Å². The van der Waals surface area contributed by atoms with Crippen LogP contribution < -0.4 is 15.4 Å². The molecule has 0 spiro atoms. The average Bonchev–Trinajstić information content (AvgIpc) is 2.68. The minimum absolute atomic E-state index is 0.162. The van der Waals surface area contributed by atoms with Crippen molar-refractivity contribution in [3.63, 3.8) is 0 Å². The topological polar surface area (TPSA) is 93.7 Å². The van der Waals surface area contributed by atoms with E-state index in [1.54, 1.807) is 13.2 Å². The lowest BCUT2D eigenvalue weighted by Crippen LogP contribution is -2.37. The summed E-state index contributed by atoms with van der Waals surface area (Å²) in [6, 6.07) is 11.4. The fourth-order valence-corrected chi connectivity index (χ4v) is 2.14. The Morgan fingerprint density at radius 3 is 2.50 bits per heavy atom. The zero-order chi connectivity index (χ0) is 18.9. The standard InChI is InChI=1S/C19H20N2O5/c1-20-17(22)11-21-18(23)12-26-19(24)8-4-13-3-5-15-10-16(25-2)7-6-14(15)9-13/h3-10H,11-12H2,1-2H3,(H,20,22)(H,21,23)/b8-4+. The van der Waals surface area contributed by atoms with Crippen LogP contribution in [0.25, 0.3) is 16.8 Å². The van der Waals surface area contributed by atoms with Crippen molar-refractivity contribution >= 4 is 34.6 Å². The molecule has 2 aromatic rings. The van der Waals surface area contributed by atoms with Crippen molar-refractivity contribution in [2.24, 2.45) is 0 Å². The maximum absolute atomic E-state index is 11.7. The Kier molecular flexibility index (Phi) is 6.73. The molecule has 2 amide bonds. The number of esters is 1. The quantitative estimate of drug-likeness (QED) is 0.576. The number of likely N-dealkylation sites (N-methyl/N-ethyl adjacent to an activating group) is 1. The molecule has 0 atom stereocenters. The molecule has 0 unspecified atom stereocenters. The minimum atomic E-state index is -0.644. The molecule has 0 saturated carbocycles. The molecule has 0 aliphatic carbocycles. The van der Waals surface area contributed by atoms with Crippen molar-refractivity contribution < 1.29 is 23.9 Å². The first-order valence-corrected chi connectivity index (χ1v) is 7.91. The predicted octanol–water partition coefficient (Wildman–Crippen LogP) is 1.27. The number of hydrogen-bond acceptors (Lipinski definition) is 5. The molecule has 0 bridgehead atoms. The molecule has 26 heavy (non-hydrogen) atoms. The van der Waals surface area contributed by atoms with Gasteiger partial charge in [-0.25, -0.2) is 4.79 Å². The first kappa shape index (κ1) is 19.0. The summed E-state index contributed by atoms with van der Waals surface area (Å²) in [6.45, 7) is -0.609. The maximum atomic E-state index is 11.7. The molecule has 2 rings (SSSR count). The van der Waals surface area contributed by atoms with Crippen LogP contribution in [0.1, 0.15) is 5.56 Å². The number of carbonyl (C=O) groups is 3. The Morgan fingerprint density at radius 2 is 1.77 bits per heavy atom. The van der Waals surface area contributed by atoms with Crippen molar-refractivity contribution in [3.8, 4) is 5.75 Å². The molecular weight excluding hydrogens is 336 g/mol. The fraction of sp³-hybridized carbons (Fsp3) is 0.211. The maximum Gasteiger partial charge on any atom is 0.331 e. The van der Waals surface area contributed by atoms with Gasteiger partial charge < -0.3 is 20.1 Å². The van der Waals surface area contributed by atoms with Crippen LogP contribution in [0.15, 0.2) is 42.5 Å². The van der Waals surface area contributed by atoms with Gasteiger partial charge in [-0.3, -0.25) is 9.59 Å². The molecule has 0 aromatic heterocycles. The van der Waals surface area contributed by atoms with Gasteiger partial charge in [-0.05, 0) is 40.6 Å². The van der Waals surface area contributed by atoms with Gasteiger partial charge in [0.1, 0.15) is 5.75 Å². The third-order valence-electron chi connectivity index (χ3n) is 3.55. The number of methoxy groups -OCH3 is 1. The summed E-state index contributed by atoms with van der Waals surface area (Å²) >= 11 is 0. The number of fused-ring (bicyclic) bond motifs is 1. The van der Waals surface area contributed by atoms with Gasteiger partial charge in [-0.1, -0.05) is 18.2 Å². The van der Waals surface area contributed by atoms with Crippen molar-refractivity contribution in [1.82, 2.24) is 10.6 Å². The van der Waals surface area contributed by atoms with E-state index in [9.17, 15) is 14.4 Å². The molecule has 0 aliphatic heterocycles. The summed E-state index contributed by atoms with van der Waals surface area (Å²) in [5.74, 6) is -0.748.